The van der Waals surface area contributed by atoms with E-state index in [-0.39, 0.29) is 12.2 Å². The standard InChI is InChI=1S/C16H20O4/c1-3-12(16(17)18)8-13-6-4-5-7-15(13)11(2)19-9-14-10-20-14/h4-8,11,14H,3,9-10H2,1-2H3,(H,17,18)/t11-,14+/m1/s1. The summed E-state index contributed by atoms with van der Waals surface area (Å²) in [5.41, 5.74) is 2.30. The number of carboxylic acids is 1. The number of ether oxygens (including phenoxy) is 2. The van der Waals surface area contributed by atoms with Crippen LogP contribution >= 0.6 is 0 Å². The molecule has 20 heavy (non-hydrogen) atoms. The molecule has 0 radical (unpaired) electrons. The fourth-order valence-corrected chi connectivity index (χ4v) is 2.02. The summed E-state index contributed by atoms with van der Waals surface area (Å²) in [6.07, 6.45) is 2.36. The van der Waals surface area contributed by atoms with Crippen LogP contribution in [0.15, 0.2) is 29.8 Å². The molecule has 1 fully saturated rings. The summed E-state index contributed by atoms with van der Waals surface area (Å²) in [5.74, 6) is -0.873. The molecular weight excluding hydrogens is 256 g/mol. The Balaban J connectivity index is 2.17. The third-order valence-electron chi connectivity index (χ3n) is 3.35. The first-order chi connectivity index (χ1) is 9.61. The molecule has 108 valence electrons. The molecular formula is C16H20O4. The molecule has 0 unspecified atom stereocenters. The number of epoxide rings is 1. The second-order valence-electron chi connectivity index (χ2n) is 4.89. The van der Waals surface area contributed by atoms with Gasteiger partial charge in [0.05, 0.1) is 19.3 Å². The van der Waals surface area contributed by atoms with E-state index in [2.05, 4.69) is 0 Å². The fourth-order valence-electron chi connectivity index (χ4n) is 2.02. The maximum atomic E-state index is 11.1. The fraction of sp³-hybridized carbons (Fsp3) is 0.438. The third-order valence-corrected chi connectivity index (χ3v) is 3.35. The van der Waals surface area contributed by atoms with E-state index in [0.717, 1.165) is 17.7 Å². The molecule has 4 nitrogen and oxygen atoms in total. The zero-order chi connectivity index (χ0) is 14.5. The van der Waals surface area contributed by atoms with E-state index >= 15 is 0 Å². The minimum absolute atomic E-state index is 0.0847. The molecule has 1 saturated heterocycles. The highest BCUT2D eigenvalue weighted by Gasteiger charge is 2.24. The van der Waals surface area contributed by atoms with E-state index in [1.54, 1.807) is 6.08 Å². The minimum atomic E-state index is -0.873. The van der Waals surface area contributed by atoms with Crippen molar-refractivity contribution in [3.63, 3.8) is 0 Å². The van der Waals surface area contributed by atoms with Crippen molar-refractivity contribution in [1.29, 1.82) is 0 Å². The van der Waals surface area contributed by atoms with Crippen molar-refractivity contribution in [2.24, 2.45) is 0 Å². The van der Waals surface area contributed by atoms with Crippen LogP contribution in [-0.4, -0.2) is 30.4 Å². The minimum Gasteiger partial charge on any atom is -0.478 e. The van der Waals surface area contributed by atoms with Gasteiger partial charge in [-0.2, -0.15) is 0 Å². The molecule has 0 amide bonds. The Bertz CT molecular complexity index is 503. The third kappa shape index (κ3) is 3.92. The Labute approximate surface area is 119 Å². The molecule has 2 rings (SSSR count). The average molecular weight is 276 g/mol. The van der Waals surface area contributed by atoms with Crippen molar-refractivity contribution in [3.8, 4) is 0 Å². The van der Waals surface area contributed by atoms with Gasteiger partial charge in [-0.05, 0) is 30.5 Å². The van der Waals surface area contributed by atoms with Gasteiger partial charge in [-0.25, -0.2) is 4.79 Å². The lowest BCUT2D eigenvalue weighted by molar-refractivity contribution is -0.132. The van der Waals surface area contributed by atoms with Gasteiger partial charge in [0.15, 0.2) is 0 Å². The van der Waals surface area contributed by atoms with Gasteiger partial charge in [-0.3, -0.25) is 0 Å². The van der Waals surface area contributed by atoms with Gasteiger partial charge < -0.3 is 14.6 Å². The lowest BCUT2D eigenvalue weighted by Gasteiger charge is -2.15. The summed E-state index contributed by atoms with van der Waals surface area (Å²) >= 11 is 0. The normalized spacial score (nSPS) is 19.7. The number of carbonyl (C=O) groups is 1. The highest BCUT2D eigenvalue weighted by molar-refractivity contribution is 5.92. The van der Waals surface area contributed by atoms with E-state index in [0.29, 0.717) is 18.6 Å². The summed E-state index contributed by atoms with van der Waals surface area (Å²) in [6.45, 7) is 5.17. The molecule has 0 spiro atoms. The van der Waals surface area contributed by atoms with Crippen LogP contribution in [0, 0.1) is 0 Å². The molecule has 1 N–H and O–H groups in total. The van der Waals surface area contributed by atoms with E-state index in [1.165, 1.54) is 0 Å². The van der Waals surface area contributed by atoms with Crippen LogP contribution in [-0.2, 0) is 14.3 Å². The van der Waals surface area contributed by atoms with Crippen LogP contribution in [0.2, 0.25) is 0 Å². The Morgan fingerprint density at radius 3 is 2.85 bits per heavy atom. The SMILES string of the molecule is CCC(=Cc1ccccc1[C@@H](C)OC[C@H]1CO1)C(=O)O. The number of hydrogen-bond acceptors (Lipinski definition) is 3. The van der Waals surface area contributed by atoms with Crippen LogP contribution in [0.4, 0.5) is 0 Å². The maximum Gasteiger partial charge on any atom is 0.331 e. The van der Waals surface area contributed by atoms with Crippen LogP contribution in [0.1, 0.15) is 37.5 Å². The molecule has 4 heteroatoms. The van der Waals surface area contributed by atoms with Crippen LogP contribution in [0.3, 0.4) is 0 Å². The summed E-state index contributed by atoms with van der Waals surface area (Å²) in [4.78, 5) is 11.1. The average Bonchev–Trinajstić information content (AvgIpc) is 3.26. The zero-order valence-corrected chi connectivity index (χ0v) is 11.8. The maximum absolute atomic E-state index is 11.1. The number of hydrogen-bond donors (Lipinski definition) is 1. The van der Waals surface area contributed by atoms with E-state index in [4.69, 9.17) is 14.6 Å². The van der Waals surface area contributed by atoms with Gasteiger partial charge in [0, 0.05) is 5.57 Å². The first-order valence-corrected chi connectivity index (χ1v) is 6.87. The monoisotopic (exact) mass is 276 g/mol. The Kier molecular flexibility index (Phi) is 4.93. The van der Waals surface area contributed by atoms with Gasteiger partial charge in [-0.15, -0.1) is 0 Å². The van der Waals surface area contributed by atoms with Crippen LogP contribution < -0.4 is 0 Å². The summed E-state index contributed by atoms with van der Waals surface area (Å²) in [6, 6.07) is 7.73. The van der Waals surface area contributed by atoms with Crippen molar-refractivity contribution < 1.29 is 19.4 Å². The largest absolute Gasteiger partial charge is 0.478 e. The van der Waals surface area contributed by atoms with Gasteiger partial charge in [0.2, 0.25) is 0 Å². The van der Waals surface area contributed by atoms with Gasteiger partial charge in [0.1, 0.15) is 6.10 Å². The van der Waals surface area contributed by atoms with Crippen molar-refractivity contribution in [1.82, 2.24) is 0 Å². The van der Waals surface area contributed by atoms with Crippen LogP contribution in [0.5, 0.6) is 0 Å². The van der Waals surface area contributed by atoms with E-state index < -0.39 is 5.97 Å². The molecule has 1 aromatic rings. The number of benzene rings is 1. The second kappa shape index (κ2) is 6.68. The van der Waals surface area contributed by atoms with Gasteiger partial charge in [-0.1, -0.05) is 31.2 Å². The molecule has 1 aliphatic rings. The van der Waals surface area contributed by atoms with E-state index in [9.17, 15) is 4.79 Å². The molecule has 0 aromatic heterocycles. The molecule has 0 bridgehead atoms. The molecule has 0 saturated carbocycles. The van der Waals surface area contributed by atoms with E-state index in [1.807, 2.05) is 38.1 Å². The highest BCUT2D eigenvalue weighted by Crippen LogP contribution is 2.25. The lowest BCUT2D eigenvalue weighted by Crippen LogP contribution is -2.07. The second-order valence-corrected chi connectivity index (χ2v) is 4.89. The van der Waals surface area contributed by atoms with Gasteiger partial charge >= 0.3 is 5.97 Å². The number of carboxylic acid groups (broad SMARTS) is 1. The first kappa shape index (κ1) is 14.8. The van der Waals surface area contributed by atoms with Crippen molar-refractivity contribution >= 4 is 12.0 Å². The summed E-state index contributed by atoms with van der Waals surface area (Å²) in [5, 5.41) is 9.13. The first-order valence-electron chi connectivity index (χ1n) is 6.87. The molecule has 1 aliphatic heterocycles. The topological polar surface area (TPSA) is 59.1 Å². The van der Waals surface area contributed by atoms with Gasteiger partial charge in [0.25, 0.3) is 0 Å². The Morgan fingerprint density at radius 2 is 2.25 bits per heavy atom. The summed E-state index contributed by atoms with van der Waals surface area (Å²) in [7, 11) is 0. The van der Waals surface area contributed by atoms with Crippen LogP contribution in [0.25, 0.3) is 6.08 Å². The lowest BCUT2D eigenvalue weighted by atomic mass is 10.00. The number of rotatable bonds is 7. The predicted molar refractivity (Wildman–Crippen MR) is 76.5 cm³/mol. The highest BCUT2D eigenvalue weighted by atomic mass is 16.6. The Hall–Kier alpha value is -1.65. The van der Waals surface area contributed by atoms with Crippen molar-refractivity contribution in [2.45, 2.75) is 32.5 Å². The Morgan fingerprint density at radius 1 is 1.55 bits per heavy atom. The predicted octanol–water partition coefficient (Wildman–Crippen LogP) is 3.04. The zero-order valence-electron chi connectivity index (χ0n) is 11.8. The number of aliphatic carboxylic acids is 1. The smallest absolute Gasteiger partial charge is 0.331 e. The van der Waals surface area contributed by atoms with Crippen molar-refractivity contribution in [3.05, 3.63) is 41.0 Å². The molecule has 1 heterocycles. The summed E-state index contributed by atoms with van der Waals surface area (Å²) < 4.78 is 10.9. The quantitative estimate of drug-likeness (QED) is 0.614. The molecule has 0 aliphatic carbocycles. The molecule has 1 aromatic carbocycles. The molecule has 2 atom stereocenters. The van der Waals surface area contributed by atoms with Crippen molar-refractivity contribution in [2.75, 3.05) is 13.2 Å².